The Balaban J connectivity index is 4.25. The van der Waals surface area contributed by atoms with Crippen LogP contribution in [0.25, 0.3) is 0 Å². The molecule has 0 radical (unpaired) electrons. The Bertz CT molecular complexity index is 706. The first-order valence-electron chi connectivity index (χ1n) is 20.4. The van der Waals surface area contributed by atoms with Crippen LogP contribution in [-0.4, -0.2) is 37.2 Å². The molecule has 0 spiro atoms. The monoisotopic (exact) mass is 667 g/mol. The zero-order chi connectivity index (χ0) is 34.6. The predicted molar refractivity (Wildman–Crippen MR) is 196 cm³/mol. The van der Waals surface area contributed by atoms with E-state index in [1.165, 1.54) is 109 Å². The summed E-state index contributed by atoms with van der Waals surface area (Å²) in [5, 5.41) is 0. The molecule has 6 nitrogen and oxygen atoms in total. The molecule has 0 fully saturated rings. The molecule has 0 aliphatic carbocycles. The van der Waals surface area contributed by atoms with E-state index < -0.39 is 6.10 Å². The van der Waals surface area contributed by atoms with Crippen LogP contribution in [0.15, 0.2) is 0 Å². The second-order valence-electron chi connectivity index (χ2n) is 14.4. The van der Waals surface area contributed by atoms with E-state index in [1.807, 2.05) is 0 Å². The molecular formula is C41H78O6. The van der Waals surface area contributed by atoms with Crippen molar-refractivity contribution >= 4 is 17.9 Å². The lowest BCUT2D eigenvalue weighted by atomic mass is 10.0. The van der Waals surface area contributed by atoms with Gasteiger partial charge in [-0.05, 0) is 25.2 Å². The van der Waals surface area contributed by atoms with Crippen molar-refractivity contribution < 1.29 is 28.6 Å². The Morgan fingerprint density at radius 3 is 1.04 bits per heavy atom. The van der Waals surface area contributed by atoms with E-state index in [0.717, 1.165) is 70.1 Å². The van der Waals surface area contributed by atoms with Gasteiger partial charge in [0.1, 0.15) is 13.2 Å². The number of ether oxygens (including phenoxy) is 3. The molecule has 0 aliphatic heterocycles. The summed E-state index contributed by atoms with van der Waals surface area (Å²) in [5.41, 5.74) is 0. The molecule has 0 saturated carbocycles. The summed E-state index contributed by atoms with van der Waals surface area (Å²) in [4.78, 5) is 37.3. The minimum absolute atomic E-state index is 0.0656. The summed E-state index contributed by atoms with van der Waals surface area (Å²) in [5.74, 6) is -0.0596. The van der Waals surface area contributed by atoms with E-state index in [4.69, 9.17) is 14.2 Å². The molecular weight excluding hydrogens is 588 g/mol. The molecule has 0 N–H and O–H groups in total. The Morgan fingerprint density at radius 1 is 0.404 bits per heavy atom. The third-order valence-corrected chi connectivity index (χ3v) is 9.04. The van der Waals surface area contributed by atoms with Crippen molar-refractivity contribution in [1.82, 2.24) is 0 Å². The highest BCUT2D eigenvalue weighted by Gasteiger charge is 2.19. The minimum atomic E-state index is -0.756. The lowest BCUT2D eigenvalue weighted by molar-refractivity contribution is -0.167. The topological polar surface area (TPSA) is 78.9 Å². The van der Waals surface area contributed by atoms with Crippen molar-refractivity contribution in [1.29, 1.82) is 0 Å². The molecule has 0 aromatic carbocycles. The zero-order valence-corrected chi connectivity index (χ0v) is 31.7. The smallest absolute Gasteiger partial charge is 0.306 e. The third kappa shape index (κ3) is 35.5. The highest BCUT2D eigenvalue weighted by Crippen LogP contribution is 2.15. The Hall–Kier alpha value is -1.59. The standard InChI is InChI=1S/C41H78O6/c1-5-7-9-11-12-13-14-18-21-25-29-33-40(43)46-36-38(35-45-39(42)32-28-23-10-8-6-2)47-41(44)34-30-26-22-19-16-15-17-20-24-27-31-37(3)4/h37-38H,5-36H2,1-4H3/t38-/m1/s1. The first-order chi connectivity index (χ1) is 22.9. The molecule has 278 valence electrons. The fourth-order valence-corrected chi connectivity index (χ4v) is 5.92. The van der Waals surface area contributed by atoms with Crippen LogP contribution in [0, 0.1) is 5.92 Å². The van der Waals surface area contributed by atoms with Gasteiger partial charge in [-0.25, -0.2) is 0 Å². The maximum atomic E-state index is 12.6. The fraction of sp³-hybridized carbons (Fsp3) is 0.927. The second-order valence-corrected chi connectivity index (χ2v) is 14.4. The van der Waals surface area contributed by atoms with Crippen LogP contribution in [0.3, 0.4) is 0 Å². The van der Waals surface area contributed by atoms with E-state index in [-0.39, 0.29) is 31.1 Å². The van der Waals surface area contributed by atoms with Gasteiger partial charge in [0.15, 0.2) is 6.10 Å². The summed E-state index contributed by atoms with van der Waals surface area (Å²) in [6, 6.07) is 0. The molecule has 6 heteroatoms. The van der Waals surface area contributed by atoms with E-state index in [0.29, 0.717) is 19.3 Å². The van der Waals surface area contributed by atoms with Crippen LogP contribution in [0.2, 0.25) is 0 Å². The number of hydrogen-bond acceptors (Lipinski definition) is 6. The van der Waals surface area contributed by atoms with Crippen molar-refractivity contribution in [2.24, 2.45) is 5.92 Å². The number of esters is 3. The Morgan fingerprint density at radius 2 is 0.702 bits per heavy atom. The van der Waals surface area contributed by atoms with Crippen molar-refractivity contribution in [2.45, 2.75) is 226 Å². The fourth-order valence-electron chi connectivity index (χ4n) is 5.92. The van der Waals surface area contributed by atoms with Crippen molar-refractivity contribution in [3.63, 3.8) is 0 Å². The van der Waals surface area contributed by atoms with Crippen LogP contribution in [0.1, 0.15) is 220 Å². The number of hydrogen-bond donors (Lipinski definition) is 0. The molecule has 0 saturated heterocycles. The van der Waals surface area contributed by atoms with Gasteiger partial charge < -0.3 is 14.2 Å². The minimum Gasteiger partial charge on any atom is -0.462 e. The number of rotatable bonds is 36. The van der Waals surface area contributed by atoms with Crippen LogP contribution < -0.4 is 0 Å². The quantitative estimate of drug-likeness (QED) is 0.0376. The first-order valence-corrected chi connectivity index (χ1v) is 20.4. The highest BCUT2D eigenvalue weighted by molar-refractivity contribution is 5.71. The number of carbonyl (C=O) groups excluding carboxylic acids is 3. The molecule has 0 rings (SSSR count). The van der Waals surface area contributed by atoms with E-state index in [2.05, 4.69) is 27.7 Å². The van der Waals surface area contributed by atoms with Crippen LogP contribution in [0.5, 0.6) is 0 Å². The molecule has 0 aliphatic rings. The lowest BCUT2D eigenvalue weighted by Crippen LogP contribution is -2.30. The van der Waals surface area contributed by atoms with Gasteiger partial charge in [-0.15, -0.1) is 0 Å². The van der Waals surface area contributed by atoms with Gasteiger partial charge >= 0.3 is 17.9 Å². The summed E-state index contributed by atoms with van der Waals surface area (Å²) in [6.07, 6.45) is 32.6. The molecule has 0 amide bonds. The number of unbranched alkanes of at least 4 members (excludes halogenated alkanes) is 23. The molecule has 0 heterocycles. The highest BCUT2D eigenvalue weighted by atomic mass is 16.6. The predicted octanol–water partition coefficient (Wildman–Crippen LogP) is 12.4. The molecule has 47 heavy (non-hydrogen) atoms. The van der Waals surface area contributed by atoms with Crippen molar-refractivity contribution in [3.05, 3.63) is 0 Å². The van der Waals surface area contributed by atoms with E-state index in [9.17, 15) is 14.4 Å². The van der Waals surface area contributed by atoms with Gasteiger partial charge in [-0.2, -0.15) is 0 Å². The average Bonchev–Trinajstić information content (AvgIpc) is 3.05. The third-order valence-electron chi connectivity index (χ3n) is 9.04. The van der Waals surface area contributed by atoms with Gasteiger partial charge in [0.05, 0.1) is 0 Å². The van der Waals surface area contributed by atoms with E-state index >= 15 is 0 Å². The average molecular weight is 667 g/mol. The van der Waals surface area contributed by atoms with Crippen molar-refractivity contribution in [3.8, 4) is 0 Å². The summed E-state index contributed by atoms with van der Waals surface area (Å²) < 4.78 is 16.5. The largest absolute Gasteiger partial charge is 0.462 e. The van der Waals surface area contributed by atoms with Crippen LogP contribution in [-0.2, 0) is 28.6 Å². The summed E-state index contributed by atoms with van der Waals surface area (Å²) >= 11 is 0. The molecule has 0 unspecified atom stereocenters. The maximum absolute atomic E-state index is 12.6. The van der Waals surface area contributed by atoms with Gasteiger partial charge in [0, 0.05) is 19.3 Å². The molecule has 0 aromatic rings. The number of carbonyl (C=O) groups is 3. The summed E-state index contributed by atoms with van der Waals surface area (Å²) in [7, 11) is 0. The van der Waals surface area contributed by atoms with Gasteiger partial charge in [-0.1, -0.05) is 182 Å². The van der Waals surface area contributed by atoms with Gasteiger partial charge in [0.25, 0.3) is 0 Å². The Kier molecular flexibility index (Phi) is 34.5. The van der Waals surface area contributed by atoms with Crippen molar-refractivity contribution in [2.75, 3.05) is 13.2 Å². The molecule has 1 atom stereocenters. The van der Waals surface area contributed by atoms with Crippen LogP contribution >= 0.6 is 0 Å². The summed E-state index contributed by atoms with van der Waals surface area (Å²) in [6.45, 7) is 8.87. The van der Waals surface area contributed by atoms with E-state index in [1.54, 1.807) is 0 Å². The SMILES string of the molecule is CCCCCCCCCCCCCC(=O)OC[C@@H](COC(=O)CCCCCCC)OC(=O)CCCCCCCCCCCCC(C)C. The van der Waals surface area contributed by atoms with Crippen LogP contribution in [0.4, 0.5) is 0 Å². The maximum Gasteiger partial charge on any atom is 0.306 e. The molecule has 0 bridgehead atoms. The first kappa shape index (κ1) is 45.4. The Labute approximate surface area is 291 Å². The zero-order valence-electron chi connectivity index (χ0n) is 31.7. The van der Waals surface area contributed by atoms with Gasteiger partial charge in [-0.3, -0.25) is 14.4 Å². The lowest BCUT2D eigenvalue weighted by Gasteiger charge is -2.18. The van der Waals surface area contributed by atoms with Gasteiger partial charge in [0.2, 0.25) is 0 Å². The molecule has 0 aromatic heterocycles. The normalized spacial score (nSPS) is 11.9. The second kappa shape index (κ2) is 35.7.